The quantitative estimate of drug-likeness (QED) is 0.231. The Kier molecular flexibility index (Phi) is 8.81. The molecule has 1 fully saturated rings. The van der Waals surface area contributed by atoms with E-state index in [1.54, 1.807) is 0 Å². The van der Waals surface area contributed by atoms with Crippen molar-refractivity contribution in [3.63, 3.8) is 0 Å². The van der Waals surface area contributed by atoms with Crippen LogP contribution in [0.3, 0.4) is 0 Å². The number of thiazole rings is 1. The highest BCUT2D eigenvalue weighted by Crippen LogP contribution is 2.47. The van der Waals surface area contributed by atoms with Crippen molar-refractivity contribution >= 4 is 17.3 Å². The molecule has 3 aromatic rings. The number of ether oxygens (including phenoxy) is 1. The predicted molar refractivity (Wildman–Crippen MR) is 144 cm³/mol. The number of unbranched alkanes of at least 4 members (excludes halogenated alkanes) is 2. The summed E-state index contributed by atoms with van der Waals surface area (Å²) in [5.41, 5.74) is 2.82. The van der Waals surface area contributed by atoms with Crippen LogP contribution in [-0.2, 0) is 17.4 Å². The van der Waals surface area contributed by atoms with E-state index >= 15 is 0 Å². The second kappa shape index (κ2) is 11.9. The molecule has 2 unspecified atom stereocenters. The first kappa shape index (κ1) is 28.1. The van der Waals surface area contributed by atoms with E-state index < -0.39 is 23.6 Å². The van der Waals surface area contributed by atoms with Crippen LogP contribution in [0.4, 0.5) is 13.2 Å². The zero-order valence-electron chi connectivity index (χ0n) is 22.0. The average Bonchev–Trinajstić information content (AvgIpc) is 3.64. The summed E-state index contributed by atoms with van der Waals surface area (Å²) in [6.07, 6.45) is 1.74. The van der Waals surface area contributed by atoms with Gasteiger partial charge in [-0.05, 0) is 74.9 Å². The first-order chi connectivity index (χ1) is 18.1. The topological polar surface area (TPSA) is 59.4 Å². The molecule has 8 heteroatoms. The van der Waals surface area contributed by atoms with E-state index in [1.165, 1.54) is 23.5 Å². The molecule has 0 spiro atoms. The maximum absolute atomic E-state index is 13.0. The molecule has 1 aromatic heterocycles. The highest BCUT2D eigenvalue weighted by Gasteiger charge is 2.37. The largest absolute Gasteiger partial charge is 0.485 e. The fraction of sp³-hybridized carbons (Fsp3) is 0.467. The summed E-state index contributed by atoms with van der Waals surface area (Å²) in [5.74, 6) is -0.0525. The molecule has 1 aliphatic rings. The molecule has 0 aliphatic heterocycles. The van der Waals surface area contributed by atoms with Crippen molar-refractivity contribution in [3.8, 4) is 16.3 Å². The number of alkyl halides is 3. The third-order valence-corrected chi connectivity index (χ3v) is 8.42. The molecule has 1 saturated carbocycles. The Labute approximate surface area is 225 Å². The monoisotopic (exact) mass is 545 g/mol. The van der Waals surface area contributed by atoms with Gasteiger partial charge >= 0.3 is 12.1 Å². The molecular weight excluding hydrogens is 511 g/mol. The van der Waals surface area contributed by atoms with E-state index in [0.29, 0.717) is 29.3 Å². The second-order valence-electron chi connectivity index (χ2n) is 10.2. The highest BCUT2D eigenvalue weighted by atomic mass is 32.1. The summed E-state index contributed by atoms with van der Waals surface area (Å²) >= 11 is 1.47. The molecule has 0 amide bonds. The Bertz CT molecular complexity index is 1250. The van der Waals surface area contributed by atoms with Gasteiger partial charge in [-0.3, -0.25) is 4.79 Å². The minimum absolute atomic E-state index is 0.179. The van der Waals surface area contributed by atoms with E-state index in [9.17, 15) is 23.1 Å². The maximum atomic E-state index is 13.0. The smallest absolute Gasteiger partial charge is 0.416 e. The predicted octanol–water partition coefficient (Wildman–Crippen LogP) is 8.80. The minimum atomic E-state index is -4.37. The number of hydrogen-bond acceptors (Lipinski definition) is 4. The van der Waals surface area contributed by atoms with Gasteiger partial charge in [-0.2, -0.15) is 13.2 Å². The zero-order valence-corrected chi connectivity index (χ0v) is 22.8. The van der Waals surface area contributed by atoms with E-state index in [1.807, 2.05) is 32.0 Å². The standard InChI is InChI=1S/C30H34F3NO3S/c1-4-5-6-7-23(29(35)36)17-22-12-15-25(16-18(22)2)37-26(20-8-9-20)27-19(3)34-28(38-27)21-10-13-24(14-11-21)30(31,32)33/h10-16,20,23,26H,4-9,17H2,1-3H3,(H,35,36). The van der Waals surface area contributed by atoms with Crippen LogP contribution >= 0.6 is 11.3 Å². The molecule has 0 radical (unpaired) electrons. The van der Waals surface area contributed by atoms with E-state index in [0.717, 1.165) is 71.7 Å². The number of nitrogens with zero attached hydrogens (tertiary/aromatic N) is 1. The number of aromatic nitrogens is 1. The van der Waals surface area contributed by atoms with Crippen LogP contribution in [0.5, 0.6) is 5.75 Å². The highest BCUT2D eigenvalue weighted by molar-refractivity contribution is 7.15. The van der Waals surface area contributed by atoms with Crippen LogP contribution in [0, 0.1) is 25.7 Å². The van der Waals surface area contributed by atoms with Gasteiger partial charge in [0.25, 0.3) is 0 Å². The normalized spacial score (nSPS) is 15.3. The molecule has 204 valence electrons. The number of hydrogen-bond donors (Lipinski definition) is 1. The molecule has 4 nitrogen and oxygen atoms in total. The van der Waals surface area contributed by atoms with E-state index in [4.69, 9.17) is 4.74 Å². The number of benzene rings is 2. The van der Waals surface area contributed by atoms with E-state index in [-0.39, 0.29) is 6.10 Å². The summed E-state index contributed by atoms with van der Waals surface area (Å²) in [6.45, 7) is 6.01. The Hall–Kier alpha value is -2.87. The van der Waals surface area contributed by atoms with Gasteiger partial charge in [0.15, 0.2) is 0 Å². The lowest BCUT2D eigenvalue weighted by Gasteiger charge is -2.20. The number of aryl methyl sites for hydroxylation is 2. The number of carbonyl (C=O) groups is 1. The molecule has 1 heterocycles. The number of halogens is 3. The van der Waals surface area contributed by atoms with Crippen LogP contribution in [0.25, 0.3) is 10.6 Å². The molecule has 2 aromatic carbocycles. The number of carboxylic acids is 1. The number of rotatable bonds is 12. The summed E-state index contributed by atoms with van der Waals surface area (Å²) in [5, 5.41) is 10.3. The SMILES string of the molecule is CCCCCC(Cc1ccc(OC(c2sc(-c3ccc(C(F)(F)F)cc3)nc2C)C2CC2)cc1C)C(=O)O. The minimum Gasteiger partial charge on any atom is -0.485 e. The molecular formula is C30H34F3NO3S. The van der Waals surface area contributed by atoms with Gasteiger partial charge in [-0.25, -0.2) is 4.98 Å². The van der Waals surface area contributed by atoms with Gasteiger partial charge in [-0.15, -0.1) is 11.3 Å². The summed E-state index contributed by atoms with van der Waals surface area (Å²) in [7, 11) is 0. The Morgan fingerprint density at radius 2 is 1.84 bits per heavy atom. The van der Waals surface area contributed by atoms with Gasteiger partial charge in [0, 0.05) is 11.5 Å². The van der Waals surface area contributed by atoms with Crippen molar-refractivity contribution in [1.29, 1.82) is 0 Å². The fourth-order valence-electron chi connectivity index (χ4n) is 4.70. The maximum Gasteiger partial charge on any atom is 0.416 e. The summed E-state index contributed by atoms with van der Waals surface area (Å²) in [4.78, 5) is 17.4. The van der Waals surface area contributed by atoms with Crippen LogP contribution in [0.1, 0.15) is 78.8 Å². The van der Waals surface area contributed by atoms with Gasteiger partial charge in [0.1, 0.15) is 16.9 Å². The molecule has 0 saturated heterocycles. The third kappa shape index (κ3) is 6.95. The second-order valence-corrected chi connectivity index (χ2v) is 11.3. The van der Waals surface area contributed by atoms with Crippen molar-refractivity contribution in [2.75, 3.05) is 0 Å². The van der Waals surface area contributed by atoms with Crippen molar-refractivity contribution in [2.24, 2.45) is 11.8 Å². The Balaban J connectivity index is 1.50. The number of aliphatic carboxylic acids is 1. The van der Waals surface area contributed by atoms with Gasteiger partial charge in [0.05, 0.1) is 22.1 Å². The summed E-state index contributed by atoms with van der Waals surface area (Å²) in [6, 6.07) is 11.0. The Morgan fingerprint density at radius 3 is 2.42 bits per heavy atom. The van der Waals surface area contributed by atoms with Gasteiger partial charge in [0.2, 0.25) is 0 Å². The van der Waals surface area contributed by atoms with Gasteiger partial charge < -0.3 is 9.84 Å². The zero-order chi connectivity index (χ0) is 27.4. The summed E-state index contributed by atoms with van der Waals surface area (Å²) < 4.78 is 45.4. The van der Waals surface area contributed by atoms with Crippen LogP contribution in [0.2, 0.25) is 0 Å². The molecule has 0 bridgehead atoms. The molecule has 1 N–H and O–H groups in total. The first-order valence-electron chi connectivity index (χ1n) is 13.2. The van der Waals surface area contributed by atoms with Crippen molar-refractivity contribution in [3.05, 3.63) is 69.7 Å². The van der Waals surface area contributed by atoms with Crippen LogP contribution < -0.4 is 4.74 Å². The average molecular weight is 546 g/mol. The van der Waals surface area contributed by atoms with Crippen molar-refractivity contribution in [2.45, 2.75) is 78.0 Å². The lowest BCUT2D eigenvalue weighted by atomic mass is 9.92. The van der Waals surface area contributed by atoms with Crippen LogP contribution in [-0.4, -0.2) is 16.1 Å². The third-order valence-electron chi connectivity index (χ3n) is 7.15. The number of carboxylic acid groups (broad SMARTS) is 1. The fourth-order valence-corrected chi connectivity index (χ4v) is 5.89. The van der Waals surface area contributed by atoms with Gasteiger partial charge in [-0.1, -0.05) is 44.4 Å². The molecule has 2 atom stereocenters. The molecule has 4 rings (SSSR count). The van der Waals surface area contributed by atoms with Crippen molar-refractivity contribution < 1.29 is 27.8 Å². The molecule has 38 heavy (non-hydrogen) atoms. The molecule has 1 aliphatic carbocycles. The van der Waals surface area contributed by atoms with Crippen molar-refractivity contribution in [1.82, 2.24) is 4.98 Å². The first-order valence-corrected chi connectivity index (χ1v) is 14.0. The van der Waals surface area contributed by atoms with Crippen LogP contribution in [0.15, 0.2) is 42.5 Å². The van der Waals surface area contributed by atoms with E-state index in [2.05, 4.69) is 11.9 Å². The lowest BCUT2D eigenvalue weighted by molar-refractivity contribution is -0.142. The lowest BCUT2D eigenvalue weighted by Crippen LogP contribution is -2.17. The Morgan fingerprint density at radius 1 is 1.13 bits per heavy atom.